The molecule has 0 aliphatic carbocycles. The molecule has 0 aromatic rings. The fourth-order valence-electron chi connectivity index (χ4n) is 0.584. The van der Waals surface area contributed by atoms with Crippen molar-refractivity contribution in [3.8, 4) is 0 Å². The van der Waals surface area contributed by atoms with Gasteiger partial charge in [-0.15, -0.1) is 0 Å². The largest absolute Gasteiger partial charge is 0.457 e. The first kappa shape index (κ1) is 12.5. The first-order chi connectivity index (χ1) is 5.94. The highest BCUT2D eigenvalue weighted by atomic mass is 32.1. The molecule has 0 amide bonds. The molecule has 0 radical (unpaired) electrons. The van der Waals surface area contributed by atoms with E-state index in [1.807, 2.05) is 20.8 Å². The van der Waals surface area contributed by atoms with Gasteiger partial charge in [-0.3, -0.25) is 9.59 Å². The molecular weight excluding hydrogens is 188 g/mol. The Bertz CT molecular complexity index is 199. The van der Waals surface area contributed by atoms with Crippen molar-refractivity contribution in [2.45, 2.75) is 27.2 Å². The van der Waals surface area contributed by atoms with Gasteiger partial charge in [0.15, 0.2) is 12.4 Å². The Kier molecular flexibility index (Phi) is 5.06. The van der Waals surface area contributed by atoms with Crippen molar-refractivity contribution in [3.63, 3.8) is 0 Å². The van der Waals surface area contributed by atoms with Gasteiger partial charge in [-0.25, -0.2) is 0 Å². The Hall–Kier alpha value is -0.510. The second kappa shape index (κ2) is 5.27. The molecule has 76 valence electrons. The SMILES string of the molecule is CCC(C)(C)C(=O)COC(=O)CS. The molecule has 0 N–H and O–H groups in total. The van der Waals surface area contributed by atoms with Gasteiger partial charge < -0.3 is 4.74 Å². The maximum Gasteiger partial charge on any atom is 0.316 e. The smallest absolute Gasteiger partial charge is 0.316 e. The van der Waals surface area contributed by atoms with Gasteiger partial charge in [0.2, 0.25) is 0 Å². The summed E-state index contributed by atoms with van der Waals surface area (Å²) in [4.78, 5) is 22.1. The van der Waals surface area contributed by atoms with E-state index >= 15 is 0 Å². The molecule has 0 unspecified atom stereocenters. The van der Waals surface area contributed by atoms with Crippen LogP contribution in [0.2, 0.25) is 0 Å². The van der Waals surface area contributed by atoms with Crippen LogP contribution in [0.4, 0.5) is 0 Å². The average molecular weight is 204 g/mol. The van der Waals surface area contributed by atoms with Crippen LogP contribution in [0, 0.1) is 5.41 Å². The monoisotopic (exact) mass is 204 g/mol. The number of Topliss-reactive ketones (excluding diaryl/α,β-unsaturated/α-hetero) is 1. The lowest BCUT2D eigenvalue weighted by Gasteiger charge is -2.20. The van der Waals surface area contributed by atoms with Crippen LogP contribution in [0.15, 0.2) is 0 Å². The number of carbonyl (C=O) groups excluding carboxylic acids is 2. The standard InChI is InChI=1S/C9H16O3S/c1-4-9(2,3)7(10)5-12-8(11)6-13/h13H,4-6H2,1-3H3. The van der Waals surface area contributed by atoms with E-state index in [-0.39, 0.29) is 18.1 Å². The van der Waals surface area contributed by atoms with E-state index in [9.17, 15) is 9.59 Å². The van der Waals surface area contributed by atoms with E-state index in [2.05, 4.69) is 17.4 Å². The highest BCUT2D eigenvalue weighted by Crippen LogP contribution is 2.20. The van der Waals surface area contributed by atoms with Crippen molar-refractivity contribution in [1.29, 1.82) is 0 Å². The number of esters is 1. The fraction of sp³-hybridized carbons (Fsp3) is 0.778. The molecule has 0 fully saturated rings. The third-order valence-corrected chi connectivity index (χ3v) is 2.39. The summed E-state index contributed by atoms with van der Waals surface area (Å²) in [6.07, 6.45) is 0.740. The zero-order valence-corrected chi connectivity index (χ0v) is 9.19. The molecule has 13 heavy (non-hydrogen) atoms. The Morgan fingerprint density at radius 1 is 1.38 bits per heavy atom. The number of carbonyl (C=O) groups is 2. The maximum atomic E-state index is 11.4. The Labute approximate surface area is 84.3 Å². The van der Waals surface area contributed by atoms with Crippen LogP contribution in [0.5, 0.6) is 0 Å². The minimum atomic E-state index is -0.455. The summed E-state index contributed by atoms with van der Waals surface area (Å²) in [5.74, 6) is -0.492. The number of ketones is 1. The zero-order chi connectivity index (χ0) is 10.5. The number of rotatable bonds is 5. The first-order valence-electron chi connectivity index (χ1n) is 4.24. The second-order valence-electron chi connectivity index (χ2n) is 3.48. The summed E-state index contributed by atoms with van der Waals surface area (Å²) in [5.41, 5.74) is -0.406. The van der Waals surface area contributed by atoms with Crippen molar-refractivity contribution >= 4 is 24.4 Å². The van der Waals surface area contributed by atoms with Crippen LogP contribution in [-0.4, -0.2) is 24.1 Å². The van der Waals surface area contributed by atoms with E-state index in [1.54, 1.807) is 0 Å². The minimum Gasteiger partial charge on any atom is -0.457 e. The van der Waals surface area contributed by atoms with Gasteiger partial charge in [0.05, 0.1) is 5.75 Å². The Balaban J connectivity index is 3.95. The van der Waals surface area contributed by atoms with Gasteiger partial charge in [-0.2, -0.15) is 12.6 Å². The van der Waals surface area contributed by atoms with Gasteiger partial charge in [-0.1, -0.05) is 20.8 Å². The molecule has 4 heteroatoms. The summed E-state index contributed by atoms with van der Waals surface area (Å²) in [6.45, 7) is 5.46. The van der Waals surface area contributed by atoms with Gasteiger partial charge in [0.25, 0.3) is 0 Å². The number of hydrogen-bond acceptors (Lipinski definition) is 4. The quantitative estimate of drug-likeness (QED) is 0.544. The summed E-state index contributed by atoms with van der Waals surface area (Å²) in [7, 11) is 0. The van der Waals surface area contributed by atoms with Crippen molar-refractivity contribution in [3.05, 3.63) is 0 Å². The highest BCUT2D eigenvalue weighted by molar-refractivity contribution is 7.81. The van der Waals surface area contributed by atoms with E-state index in [0.29, 0.717) is 0 Å². The lowest BCUT2D eigenvalue weighted by Crippen LogP contribution is -2.28. The van der Waals surface area contributed by atoms with Gasteiger partial charge in [0.1, 0.15) is 0 Å². The average Bonchev–Trinajstić information content (AvgIpc) is 2.13. The molecule has 0 aromatic carbocycles. The fourth-order valence-corrected chi connectivity index (χ4v) is 0.676. The van der Waals surface area contributed by atoms with E-state index in [4.69, 9.17) is 0 Å². The predicted octanol–water partition coefficient (Wildman–Crippen LogP) is 1.46. The molecule has 0 aromatic heterocycles. The molecule has 0 aliphatic rings. The third kappa shape index (κ3) is 4.31. The molecule has 0 spiro atoms. The maximum absolute atomic E-state index is 11.4. The summed E-state index contributed by atoms with van der Waals surface area (Å²) < 4.78 is 4.68. The van der Waals surface area contributed by atoms with Crippen molar-refractivity contribution in [2.75, 3.05) is 12.4 Å². The second-order valence-corrected chi connectivity index (χ2v) is 3.80. The predicted molar refractivity (Wildman–Crippen MR) is 53.9 cm³/mol. The summed E-state index contributed by atoms with van der Waals surface area (Å²) in [6, 6.07) is 0. The lowest BCUT2D eigenvalue weighted by atomic mass is 9.86. The van der Waals surface area contributed by atoms with Crippen LogP contribution in [0.25, 0.3) is 0 Å². The molecule has 0 rings (SSSR count). The summed E-state index contributed by atoms with van der Waals surface area (Å²) in [5, 5.41) is 0. The number of hydrogen-bond donors (Lipinski definition) is 1. The van der Waals surface area contributed by atoms with Crippen LogP contribution >= 0.6 is 12.6 Å². The molecule has 3 nitrogen and oxygen atoms in total. The lowest BCUT2D eigenvalue weighted by molar-refractivity contribution is -0.148. The normalized spacial score (nSPS) is 11.1. The van der Waals surface area contributed by atoms with Gasteiger partial charge in [0, 0.05) is 5.41 Å². The van der Waals surface area contributed by atoms with Crippen LogP contribution < -0.4 is 0 Å². The van der Waals surface area contributed by atoms with Crippen LogP contribution in [0.1, 0.15) is 27.2 Å². The zero-order valence-electron chi connectivity index (χ0n) is 8.29. The molecule has 0 aliphatic heterocycles. The molecule has 0 heterocycles. The van der Waals surface area contributed by atoms with E-state index in [0.717, 1.165) is 6.42 Å². The van der Waals surface area contributed by atoms with Crippen molar-refractivity contribution < 1.29 is 14.3 Å². The summed E-state index contributed by atoms with van der Waals surface area (Å²) >= 11 is 3.73. The van der Waals surface area contributed by atoms with Gasteiger partial charge in [-0.05, 0) is 6.42 Å². The molecule has 0 atom stereocenters. The molecule has 0 saturated carbocycles. The van der Waals surface area contributed by atoms with E-state index < -0.39 is 11.4 Å². The number of thiol groups is 1. The topological polar surface area (TPSA) is 43.4 Å². The molecule has 0 saturated heterocycles. The van der Waals surface area contributed by atoms with Crippen molar-refractivity contribution in [1.82, 2.24) is 0 Å². The van der Waals surface area contributed by atoms with Crippen molar-refractivity contribution in [2.24, 2.45) is 5.41 Å². The first-order valence-corrected chi connectivity index (χ1v) is 4.87. The number of ether oxygens (including phenoxy) is 1. The van der Waals surface area contributed by atoms with E-state index in [1.165, 1.54) is 0 Å². The van der Waals surface area contributed by atoms with Crippen LogP contribution in [-0.2, 0) is 14.3 Å². The van der Waals surface area contributed by atoms with Gasteiger partial charge >= 0.3 is 5.97 Å². The Morgan fingerprint density at radius 2 is 1.92 bits per heavy atom. The third-order valence-electron chi connectivity index (χ3n) is 2.13. The van der Waals surface area contributed by atoms with Crippen LogP contribution in [0.3, 0.4) is 0 Å². The molecular formula is C9H16O3S. The molecule has 0 bridgehead atoms. The Morgan fingerprint density at radius 3 is 2.31 bits per heavy atom. The minimum absolute atomic E-state index is 0.0137. The highest BCUT2D eigenvalue weighted by Gasteiger charge is 2.25.